The van der Waals surface area contributed by atoms with Crippen LogP contribution in [0.3, 0.4) is 0 Å². The summed E-state index contributed by atoms with van der Waals surface area (Å²) in [5.41, 5.74) is 0. The third kappa shape index (κ3) is 6.79. The minimum atomic E-state index is 0.795. The molecule has 0 aromatic heterocycles. The van der Waals surface area contributed by atoms with Crippen molar-refractivity contribution in [3.8, 4) is 0 Å². The molecule has 0 heterocycles. The van der Waals surface area contributed by atoms with Gasteiger partial charge in [0.1, 0.15) is 0 Å². The lowest BCUT2D eigenvalue weighted by Crippen LogP contribution is -2.35. The number of nitrogens with one attached hydrogen (secondary N) is 1. The van der Waals surface area contributed by atoms with Crippen molar-refractivity contribution < 1.29 is 0 Å². The summed E-state index contributed by atoms with van der Waals surface area (Å²) in [6, 6.07) is 0.795. The van der Waals surface area contributed by atoms with E-state index in [1.54, 1.807) is 0 Å². The highest BCUT2D eigenvalue weighted by atomic mass is 14.9. The largest absolute Gasteiger partial charge is 0.317 e. The van der Waals surface area contributed by atoms with Gasteiger partial charge in [-0.15, -0.1) is 0 Å². The lowest BCUT2D eigenvalue weighted by atomic mass is 9.76. The molecule has 19 heavy (non-hydrogen) atoms. The normalized spacial score (nSPS) is 25.4. The Labute approximate surface area is 121 Å². The first-order chi connectivity index (χ1) is 9.31. The fourth-order valence-electron chi connectivity index (χ4n) is 3.76. The maximum absolute atomic E-state index is 3.61. The van der Waals surface area contributed by atoms with Crippen LogP contribution in [0.25, 0.3) is 0 Å². The van der Waals surface area contributed by atoms with E-state index in [1.165, 1.54) is 77.0 Å². The quantitative estimate of drug-likeness (QED) is 0.512. The number of hydrogen-bond acceptors (Lipinski definition) is 1. The molecule has 0 aromatic carbocycles. The van der Waals surface area contributed by atoms with Gasteiger partial charge in [-0.05, 0) is 38.1 Å². The Hall–Kier alpha value is -0.0400. The highest BCUT2D eigenvalue weighted by Crippen LogP contribution is 2.33. The zero-order chi connectivity index (χ0) is 13.9. The molecule has 0 radical (unpaired) electrons. The second kappa shape index (κ2) is 10.7. The van der Waals surface area contributed by atoms with Crippen LogP contribution in [-0.2, 0) is 0 Å². The molecule has 114 valence electrons. The summed E-state index contributed by atoms with van der Waals surface area (Å²) >= 11 is 0. The van der Waals surface area contributed by atoms with Crippen LogP contribution in [0.1, 0.15) is 90.9 Å². The minimum absolute atomic E-state index is 0.795. The molecule has 1 heteroatoms. The fourth-order valence-corrected chi connectivity index (χ4v) is 3.76. The van der Waals surface area contributed by atoms with Crippen molar-refractivity contribution in [2.75, 3.05) is 7.05 Å². The predicted octanol–water partition coefficient (Wildman–Crippen LogP) is 5.54. The van der Waals surface area contributed by atoms with E-state index in [-0.39, 0.29) is 0 Å². The molecule has 0 bridgehead atoms. The molecule has 0 aliphatic heterocycles. The molecule has 1 aliphatic carbocycles. The molecular weight excluding hydrogens is 230 g/mol. The first kappa shape index (κ1) is 17.0. The summed E-state index contributed by atoms with van der Waals surface area (Å²) < 4.78 is 0. The van der Waals surface area contributed by atoms with Crippen LogP contribution in [0.5, 0.6) is 0 Å². The van der Waals surface area contributed by atoms with Gasteiger partial charge in [-0.3, -0.25) is 0 Å². The highest BCUT2D eigenvalue weighted by molar-refractivity contribution is 4.80. The van der Waals surface area contributed by atoms with Crippen LogP contribution < -0.4 is 5.32 Å². The van der Waals surface area contributed by atoms with E-state index in [0.29, 0.717) is 0 Å². The zero-order valence-corrected chi connectivity index (χ0v) is 13.7. The Morgan fingerprint density at radius 1 is 0.895 bits per heavy atom. The molecule has 0 amide bonds. The molecule has 1 fully saturated rings. The molecule has 1 aliphatic rings. The van der Waals surface area contributed by atoms with Gasteiger partial charge in [0.2, 0.25) is 0 Å². The summed E-state index contributed by atoms with van der Waals surface area (Å²) in [6.45, 7) is 4.65. The van der Waals surface area contributed by atoms with Gasteiger partial charge in [0.25, 0.3) is 0 Å². The van der Waals surface area contributed by atoms with Crippen molar-refractivity contribution in [2.45, 2.75) is 96.9 Å². The number of hydrogen-bond donors (Lipinski definition) is 1. The molecule has 1 atom stereocenters. The summed E-state index contributed by atoms with van der Waals surface area (Å²) in [7, 11) is 2.17. The number of unbranched alkanes of at least 4 members (excludes halogenated alkanes) is 5. The molecule has 1 nitrogen and oxygen atoms in total. The molecule has 0 spiro atoms. The maximum Gasteiger partial charge on any atom is 0.00923 e. The SMILES string of the molecule is CCCCCCCCC(NC)C1CCC(CC)CC1. The van der Waals surface area contributed by atoms with Crippen molar-refractivity contribution in [2.24, 2.45) is 11.8 Å². The molecule has 0 saturated heterocycles. The second-order valence-electron chi connectivity index (χ2n) is 6.64. The average molecular weight is 268 g/mol. The van der Waals surface area contributed by atoms with Crippen LogP contribution in [0.15, 0.2) is 0 Å². The third-order valence-corrected chi connectivity index (χ3v) is 5.28. The smallest absolute Gasteiger partial charge is 0.00923 e. The van der Waals surface area contributed by atoms with Crippen LogP contribution in [0.4, 0.5) is 0 Å². The van der Waals surface area contributed by atoms with E-state index < -0.39 is 0 Å². The number of rotatable bonds is 10. The third-order valence-electron chi connectivity index (χ3n) is 5.28. The van der Waals surface area contributed by atoms with E-state index in [0.717, 1.165) is 17.9 Å². The van der Waals surface area contributed by atoms with Gasteiger partial charge in [0.05, 0.1) is 0 Å². The predicted molar refractivity (Wildman–Crippen MR) is 86.6 cm³/mol. The van der Waals surface area contributed by atoms with Gasteiger partial charge in [-0.2, -0.15) is 0 Å². The summed E-state index contributed by atoms with van der Waals surface area (Å²) in [6.07, 6.45) is 17.3. The molecule has 1 unspecified atom stereocenters. The van der Waals surface area contributed by atoms with Gasteiger partial charge in [-0.1, -0.05) is 71.6 Å². The summed E-state index contributed by atoms with van der Waals surface area (Å²) in [4.78, 5) is 0. The van der Waals surface area contributed by atoms with Crippen LogP contribution in [0, 0.1) is 11.8 Å². The lowest BCUT2D eigenvalue weighted by molar-refractivity contribution is 0.214. The molecule has 0 aromatic rings. The average Bonchev–Trinajstić information content (AvgIpc) is 2.47. The van der Waals surface area contributed by atoms with Gasteiger partial charge in [-0.25, -0.2) is 0 Å². The summed E-state index contributed by atoms with van der Waals surface area (Å²) in [5.74, 6) is 1.99. The van der Waals surface area contributed by atoms with Gasteiger partial charge in [0.15, 0.2) is 0 Å². The van der Waals surface area contributed by atoms with Crippen molar-refractivity contribution in [1.82, 2.24) is 5.32 Å². The van der Waals surface area contributed by atoms with Crippen molar-refractivity contribution >= 4 is 0 Å². The Balaban J connectivity index is 2.12. The van der Waals surface area contributed by atoms with E-state index in [1.807, 2.05) is 0 Å². The topological polar surface area (TPSA) is 12.0 Å². The molecule has 1 N–H and O–H groups in total. The van der Waals surface area contributed by atoms with Gasteiger partial charge in [0, 0.05) is 6.04 Å². The van der Waals surface area contributed by atoms with Crippen molar-refractivity contribution in [3.63, 3.8) is 0 Å². The maximum atomic E-state index is 3.61. The lowest BCUT2D eigenvalue weighted by Gasteiger charge is -2.33. The molecule has 1 rings (SSSR count). The van der Waals surface area contributed by atoms with Crippen LogP contribution in [-0.4, -0.2) is 13.1 Å². The van der Waals surface area contributed by atoms with Crippen molar-refractivity contribution in [3.05, 3.63) is 0 Å². The van der Waals surface area contributed by atoms with Crippen LogP contribution in [0.2, 0.25) is 0 Å². The Morgan fingerprint density at radius 2 is 1.53 bits per heavy atom. The molecule has 1 saturated carbocycles. The Kier molecular flexibility index (Phi) is 9.59. The summed E-state index contributed by atoms with van der Waals surface area (Å²) in [5, 5.41) is 3.61. The van der Waals surface area contributed by atoms with E-state index in [9.17, 15) is 0 Å². The monoisotopic (exact) mass is 267 g/mol. The Morgan fingerprint density at radius 3 is 2.11 bits per heavy atom. The first-order valence-corrected chi connectivity index (χ1v) is 8.99. The zero-order valence-electron chi connectivity index (χ0n) is 13.7. The highest BCUT2D eigenvalue weighted by Gasteiger charge is 2.25. The van der Waals surface area contributed by atoms with Gasteiger partial charge >= 0.3 is 0 Å². The van der Waals surface area contributed by atoms with E-state index in [2.05, 4.69) is 26.2 Å². The Bertz CT molecular complexity index is 194. The van der Waals surface area contributed by atoms with Crippen LogP contribution >= 0.6 is 0 Å². The second-order valence-corrected chi connectivity index (χ2v) is 6.64. The van der Waals surface area contributed by atoms with E-state index in [4.69, 9.17) is 0 Å². The fraction of sp³-hybridized carbons (Fsp3) is 1.00. The standard InChI is InChI=1S/C18H37N/c1-4-6-7-8-9-10-11-18(19-3)17-14-12-16(5-2)13-15-17/h16-19H,4-15H2,1-3H3. The van der Waals surface area contributed by atoms with Gasteiger partial charge < -0.3 is 5.32 Å². The minimum Gasteiger partial charge on any atom is -0.317 e. The van der Waals surface area contributed by atoms with Crippen molar-refractivity contribution in [1.29, 1.82) is 0 Å². The van der Waals surface area contributed by atoms with E-state index >= 15 is 0 Å². The molecular formula is C18H37N. The first-order valence-electron chi connectivity index (χ1n) is 8.99.